The van der Waals surface area contributed by atoms with E-state index in [9.17, 15) is 4.79 Å². The van der Waals surface area contributed by atoms with Gasteiger partial charge in [0, 0.05) is 19.3 Å². The summed E-state index contributed by atoms with van der Waals surface area (Å²) >= 11 is 1.57. The van der Waals surface area contributed by atoms with Gasteiger partial charge in [0.1, 0.15) is 0 Å². The molecule has 1 aliphatic heterocycles. The van der Waals surface area contributed by atoms with Crippen LogP contribution in [0.15, 0.2) is 5.16 Å². The molecule has 1 fully saturated rings. The summed E-state index contributed by atoms with van der Waals surface area (Å²) in [5.41, 5.74) is 3.37. The van der Waals surface area contributed by atoms with Crippen molar-refractivity contribution in [3.63, 3.8) is 0 Å². The van der Waals surface area contributed by atoms with E-state index in [1.807, 2.05) is 41.3 Å². The average Bonchev–Trinajstić information content (AvgIpc) is 3.29. The fraction of sp³-hybridized carbons (Fsp3) is 0.667. The Morgan fingerprint density at radius 1 is 1.31 bits per heavy atom. The van der Waals surface area contributed by atoms with Gasteiger partial charge in [0.15, 0.2) is 11.0 Å². The van der Waals surface area contributed by atoms with Crippen LogP contribution in [-0.4, -0.2) is 48.2 Å². The molecule has 2 atom stereocenters. The molecule has 2 aromatic rings. The third-order valence-electron chi connectivity index (χ3n) is 5.50. The van der Waals surface area contributed by atoms with Crippen LogP contribution in [0.25, 0.3) is 0 Å². The Labute approximate surface area is 159 Å². The number of carbonyl (C=O) groups is 1. The fourth-order valence-electron chi connectivity index (χ4n) is 3.68. The third kappa shape index (κ3) is 3.26. The predicted octanol–water partition coefficient (Wildman–Crippen LogP) is 2.66. The number of likely N-dealkylation sites (tertiary alicyclic amines) is 1. The summed E-state index contributed by atoms with van der Waals surface area (Å²) < 4.78 is 3.97. The lowest BCUT2D eigenvalue weighted by atomic mass is 10.1. The van der Waals surface area contributed by atoms with Crippen LogP contribution in [0.5, 0.6) is 0 Å². The van der Waals surface area contributed by atoms with Gasteiger partial charge in [-0.3, -0.25) is 9.48 Å². The van der Waals surface area contributed by atoms with Gasteiger partial charge in [0.2, 0.25) is 5.91 Å². The highest BCUT2D eigenvalue weighted by molar-refractivity contribution is 7.98. The summed E-state index contributed by atoms with van der Waals surface area (Å²) in [5, 5.41) is 14.0. The van der Waals surface area contributed by atoms with Gasteiger partial charge in [0.05, 0.1) is 24.2 Å². The normalized spacial score (nSPS) is 18.5. The second-order valence-corrected chi connectivity index (χ2v) is 7.95. The van der Waals surface area contributed by atoms with Crippen molar-refractivity contribution in [2.24, 2.45) is 13.0 Å². The maximum absolute atomic E-state index is 13.1. The minimum Gasteiger partial charge on any atom is -0.332 e. The van der Waals surface area contributed by atoms with E-state index in [-0.39, 0.29) is 17.9 Å². The molecule has 2 aromatic heterocycles. The second kappa shape index (κ2) is 7.42. The van der Waals surface area contributed by atoms with Crippen molar-refractivity contribution in [3.05, 3.63) is 22.8 Å². The second-order valence-electron chi connectivity index (χ2n) is 7.17. The number of aryl methyl sites for hydroxylation is 1. The quantitative estimate of drug-likeness (QED) is 0.751. The third-order valence-corrected chi connectivity index (χ3v) is 6.22. The number of hydrogen-bond donors (Lipinski definition) is 0. The first-order valence-electron chi connectivity index (χ1n) is 9.09. The number of amides is 1. The van der Waals surface area contributed by atoms with Gasteiger partial charge in [-0.15, -0.1) is 10.2 Å². The highest BCUT2D eigenvalue weighted by Crippen LogP contribution is 2.33. The molecular weight excluding hydrogens is 348 g/mol. The van der Waals surface area contributed by atoms with Crippen LogP contribution in [-0.2, 0) is 18.4 Å². The number of carbonyl (C=O) groups excluding carboxylic acids is 1. The Kier molecular flexibility index (Phi) is 5.41. The molecule has 8 heteroatoms. The van der Waals surface area contributed by atoms with E-state index < -0.39 is 0 Å². The van der Waals surface area contributed by atoms with E-state index in [0.717, 1.165) is 41.8 Å². The largest absolute Gasteiger partial charge is 0.332 e. The molecule has 0 saturated carbocycles. The summed E-state index contributed by atoms with van der Waals surface area (Å²) in [4.78, 5) is 15.1. The lowest BCUT2D eigenvalue weighted by Gasteiger charge is -2.27. The topological polar surface area (TPSA) is 68.8 Å². The average molecular weight is 377 g/mol. The summed E-state index contributed by atoms with van der Waals surface area (Å²) in [6.07, 6.45) is 3.94. The minimum absolute atomic E-state index is 0.0190. The van der Waals surface area contributed by atoms with E-state index in [2.05, 4.69) is 29.1 Å². The predicted molar refractivity (Wildman–Crippen MR) is 102 cm³/mol. The molecule has 7 nitrogen and oxygen atoms in total. The van der Waals surface area contributed by atoms with Gasteiger partial charge < -0.3 is 9.47 Å². The lowest BCUT2D eigenvalue weighted by Crippen LogP contribution is -2.37. The zero-order valence-corrected chi connectivity index (χ0v) is 17.3. The van der Waals surface area contributed by atoms with Crippen molar-refractivity contribution in [1.82, 2.24) is 29.4 Å². The Bertz CT molecular complexity index is 811. The molecule has 0 aromatic carbocycles. The molecule has 0 N–H and O–H groups in total. The minimum atomic E-state index is -0.124. The first kappa shape index (κ1) is 18.9. The van der Waals surface area contributed by atoms with Gasteiger partial charge in [-0.1, -0.05) is 18.7 Å². The zero-order chi connectivity index (χ0) is 19.0. The van der Waals surface area contributed by atoms with E-state index >= 15 is 0 Å². The maximum Gasteiger partial charge on any atom is 0.227 e. The molecule has 0 spiro atoms. The Morgan fingerprint density at radius 2 is 2.04 bits per heavy atom. The van der Waals surface area contributed by atoms with Crippen LogP contribution < -0.4 is 0 Å². The van der Waals surface area contributed by atoms with Crippen molar-refractivity contribution >= 4 is 17.7 Å². The van der Waals surface area contributed by atoms with Crippen LogP contribution in [0.1, 0.15) is 48.6 Å². The number of hydrogen-bond acceptors (Lipinski definition) is 5. The van der Waals surface area contributed by atoms with Crippen LogP contribution >= 0.6 is 11.8 Å². The molecule has 0 aliphatic carbocycles. The number of thioether (sulfide) groups is 1. The van der Waals surface area contributed by atoms with Crippen molar-refractivity contribution in [3.8, 4) is 0 Å². The number of nitrogens with zero attached hydrogens (tertiary/aromatic N) is 6. The Hall–Kier alpha value is -1.83. The molecule has 3 heterocycles. The molecule has 0 bridgehead atoms. The molecule has 142 valence electrons. The van der Waals surface area contributed by atoms with Gasteiger partial charge in [-0.05, 0) is 45.4 Å². The smallest absolute Gasteiger partial charge is 0.227 e. The van der Waals surface area contributed by atoms with Crippen LogP contribution in [0, 0.1) is 26.7 Å². The van der Waals surface area contributed by atoms with Crippen LogP contribution in [0.4, 0.5) is 0 Å². The highest BCUT2D eigenvalue weighted by atomic mass is 32.2. The summed E-state index contributed by atoms with van der Waals surface area (Å²) in [7, 11) is 1.98. The number of aromatic nitrogens is 5. The fourth-order valence-corrected chi connectivity index (χ4v) is 4.17. The van der Waals surface area contributed by atoms with E-state index in [4.69, 9.17) is 0 Å². The van der Waals surface area contributed by atoms with Gasteiger partial charge in [-0.2, -0.15) is 5.10 Å². The van der Waals surface area contributed by atoms with Crippen molar-refractivity contribution in [2.45, 2.75) is 58.3 Å². The van der Waals surface area contributed by atoms with E-state index in [1.54, 1.807) is 11.8 Å². The molecule has 1 saturated heterocycles. The van der Waals surface area contributed by atoms with Gasteiger partial charge >= 0.3 is 0 Å². The van der Waals surface area contributed by atoms with Crippen molar-refractivity contribution in [1.29, 1.82) is 0 Å². The molecule has 26 heavy (non-hydrogen) atoms. The molecule has 1 aliphatic rings. The monoisotopic (exact) mass is 376 g/mol. The van der Waals surface area contributed by atoms with E-state index in [1.165, 1.54) is 5.56 Å². The van der Waals surface area contributed by atoms with Crippen LogP contribution in [0.3, 0.4) is 0 Å². The Balaban J connectivity index is 1.77. The van der Waals surface area contributed by atoms with Gasteiger partial charge in [-0.25, -0.2) is 0 Å². The van der Waals surface area contributed by atoms with E-state index in [0.29, 0.717) is 6.54 Å². The molecule has 1 amide bonds. The highest BCUT2D eigenvalue weighted by Gasteiger charge is 2.35. The SMILES string of the molecule is CSc1nnc([C@@H]2CCCN2C(=O)[C@@H](C)Cn2nc(C)c(C)c2C)n1C. The summed E-state index contributed by atoms with van der Waals surface area (Å²) in [5.74, 6) is 0.932. The number of rotatable bonds is 5. The Morgan fingerprint density at radius 3 is 2.62 bits per heavy atom. The van der Waals surface area contributed by atoms with Crippen molar-refractivity contribution in [2.75, 3.05) is 12.8 Å². The summed E-state index contributed by atoms with van der Waals surface area (Å²) in [6, 6.07) is 0.0190. The first-order chi connectivity index (χ1) is 12.3. The van der Waals surface area contributed by atoms with Crippen LogP contribution in [0.2, 0.25) is 0 Å². The molecule has 0 radical (unpaired) electrons. The first-order valence-corrected chi connectivity index (χ1v) is 10.3. The zero-order valence-electron chi connectivity index (χ0n) is 16.5. The summed E-state index contributed by atoms with van der Waals surface area (Å²) in [6.45, 7) is 9.54. The maximum atomic E-state index is 13.1. The van der Waals surface area contributed by atoms with Gasteiger partial charge in [0.25, 0.3) is 0 Å². The standard InChI is InChI=1S/C18H28N6OS/c1-11(10-24-14(4)12(2)13(3)21-24)17(25)23-9-7-8-15(23)16-19-20-18(26-6)22(16)5/h11,15H,7-10H2,1-6H3/t11-,15-/m0/s1. The molecule has 0 unspecified atom stereocenters. The van der Waals surface area contributed by atoms with Crippen molar-refractivity contribution < 1.29 is 4.79 Å². The molecular formula is C18H28N6OS. The lowest BCUT2D eigenvalue weighted by molar-refractivity contribution is -0.136. The molecule has 3 rings (SSSR count).